The van der Waals surface area contributed by atoms with Gasteiger partial charge in [0, 0.05) is 12.5 Å². The molecule has 0 saturated heterocycles. The Morgan fingerprint density at radius 3 is 2.78 bits per heavy atom. The minimum absolute atomic E-state index is 0.645. The molecular formula is C15H22N2S. The molecule has 0 aliphatic rings. The van der Waals surface area contributed by atoms with Gasteiger partial charge >= 0.3 is 0 Å². The first-order chi connectivity index (χ1) is 8.83. The van der Waals surface area contributed by atoms with Gasteiger partial charge in [-0.15, -0.1) is 11.3 Å². The predicted octanol–water partition coefficient (Wildman–Crippen LogP) is 4.01. The molecule has 0 radical (unpaired) electrons. The molecule has 0 fully saturated rings. The number of thiazole rings is 1. The number of aromatic nitrogens is 1. The van der Waals surface area contributed by atoms with Crippen molar-refractivity contribution in [3.8, 4) is 0 Å². The van der Waals surface area contributed by atoms with E-state index in [-0.39, 0.29) is 0 Å². The number of hydrogen-bond donors (Lipinski definition) is 1. The summed E-state index contributed by atoms with van der Waals surface area (Å²) in [6.07, 6.45) is 4.80. The zero-order valence-electron chi connectivity index (χ0n) is 11.3. The van der Waals surface area contributed by atoms with E-state index in [0.717, 1.165) is 18.5 Å². The first-order valence-electron chi connectivity index (χ1n) is 6.91. The van der Waals surface area contributed by atoms with E-state index in [0.29, 0.717) is 6.04 Å². The molecule has 0 amide bonds. The van der Waals surface area contributed by atoms with Gasteiger partial charge in [-0.1, -0.05) is 32.4 Å². The minimum atomic E-state index is 0.645. The second-order valence-corrected chi connectivity index (χ2v) is 5.77. The fourth-order valence-corrected chi connectivity index (χ4v) is 3.29. The number of hydrogen-bond acceptors (Lipinski definition) is 3. The summed E-state index contributed by atoms with van der Waals surface area (Å²) in [5.74, 6) is 0. The highest BCUT2D eigenvalue weighted by Gasteiger charge is 2.08. The summed E-state index contributed by atoms with van der Waals surface area (Å²) in [7, 11) is 0. The molecular weight excluding hydrogens is 240 g/mol. The molecule has 1 unspecified atom stereocenters. The molecule has 1 aromatic heterocycles. The quantitative estimate of drug-likeness (QED) is 0.815. The summed E-state index contributed by atoms with van der Waals surface area (Å²) in [5, 5.41) is 4.84. The third-order valence-corrected chi connectivity index (χ3v) is 4.27. The number of para-hydroxylation sites is 1. The van der Waals surface area contributed by atoms with Gasteiger partial charge in [0.1, 0.15) is 0 Å². The highest BCUT2D eigenvalue weighted by Crippen LogP contribution is 2.23. The Kier molecular flexibility index (Phi) is 5.14. The number of fused-ring (bicyclic) bond motifs is 1. The predicted molar refractivity (Wildman–Crippen MR) is 80.3 cm³/mol. The van der Waals surface area contributed by atoms with Crippen LogP contribution in [0.5, 0.6) is 0 Å². The molecule has 98 valence electrons. The lowest BCUT2D eigenvalue weighted by atomic mass is 10.1. The first-order valence-corrected chi connectivity index (χ1v) is 7.73. The smallest absolute Gasteiger partial charge is 0.0939 e. The van der Waals surface area contributed by atoms with Crippen LogP contribution in [0.15, 0.2) is 24.3 Å². The maximum absolute atomic E-state index is 4.70. The molecule has 1 aromatic carbocycles. The van der Waals surface area contributed by atoms with Crippen LogP contribution in [0.1, 0.15) is 38.1 Å². The topological polar surface area (TPSA) is 24.9 Å². The molecule has 0 bridgehead atoms. The maximum Gasteiger partial charge on any atom is 0.0939 e. The largest absolute Gasteiger partial charge is 0.314 e. The van der Waals surface area contributed by atoms with Crippen LogP contribution in [-0.4, -0.2) is 17.6 Å². The molecule has 18 heavy (non-hydrogen) atoms. The van der Waals surface area contributed by atoms with E-state index in [2.05, 4.69) is 43.4 Å². The summed E-state index contributed by atoms with van der Waals surface area (Å²) in [6.45, 7) is 5.49. The Balaban J connectivity index is 1.95. The van der Waals surface area contributed by atoms with Crippen LogP contribution in [0.4, 0.5) is 0 Å². The van der Waals surface area contributed by atoms with Crippen LogP contribution in [0.3, 0.4) is 0 Å². The normalized spacial score (nSPS) is 13.0. The van der Waals surface area contributed by atoms with E-state index in [4.69, 9.17) is 4.98 Å². The van der Waals surface area contributed by atoms with Gasteiger partial charge in [0.2, 0.25) is 0 Å². The van der Waals surface area contributed by atoms with Crippen molar-refractivity contribution in [3.63, 3.8) is 0 Å². The lowest BCUT2D eigenvalue weighted by Gasteiger charge is -2.15. The second kappa shape index (κ2) is 6.86. The van der Waals surface area contributed by atoms with Crippen LogP contribution in [0.2, 0.25) is 0 Å². The summed E-state index contributed by atoms with van der Waals surface area (Å²) >= 11 is 1.84. The lowest BCUT2D eigenvalue weighted by molar-refractivity contribution is 0.459. The monoisotopic (exact) mass is 262 g/mol. The van der Waals surface area contributed by atoms with Crippen LogP contribution in [0.25, 0.3) is 10.2 Å². The van der Waals surface area contributed by atoms with Gasteiger partial charge in [-0.05, 0) is 31.5 Å². The summed E-state index contributed by atoms with van der Waals surface area (Å²) in [6, 6.07) is 9.05. The van der Waals surface area contributed by atoms with Gasteiger partial charge < -0.3 is 5.32 Å². The van der Waals surface area contributed by atoms with Gasteiger partial charge in [-0.2, -0.15) is 0 Å². The van der Waals surface area contributed by atoms with Crippen molar-refractivity contribution in [1.82, 2.24) is 10.3 Å². The van der Waals surface area contributed by atoms with Gasteiger partial charge in [-0.25, -0.2) is 4.98 Å². The van der Waals surface area contributed by atoms with E-state index in [1.807, 2.05) is 11.3 Å². The highest BCUT2D eigenvalue weighted by atomic mass is 32.1. The van der Waals surface area contributed by atoms with Crippen LogP contribution in [0, 0.1) is 0 Å². The van der Waals surface area contributed by atoms with E-state index >= 15 is 0 Å². The molecule has 1 atom stereocenters. The SMILES string of the molecule is CCCC(CCc1nc2ccccc2s1)NCC. The summed E-state index contributed by atoms with van der Waals surface area (Å²) < 4.78 is 1.31. The van der Waals surface area contributed by atoms with Crippen molar-refractivity contribution in [2.24, 2.45) is 0 Å². The highest BCUT2D eigenvalue weighted by molar-refractivity contribution is 7.18. The minimum Gasteiger partial charge on any atom is -0.314 e. The molecule has 0 saturated carbocycles. The Labute approximate surface area is 113 Å². The van der Waals surface area contributed by atoms with Crippen molar-refractivity contribution in [2.45, 2.75) is 45.6 Å². The molecule has 2 aromatic rings. The van der Waals surface area contributed by atoms with Crippen molar-refractivity contribution < 1.29 is 0 Å². The van der Waals surface area contributed by atoms with Gasteiger partial charge in [0.15, 0.2) is 0 Å². The van der Waals surface area contributed by atoms with Gasteiger partial charge in [-0.3, -0.25) is 0 Å². The standard InChI is InChI=1S/C15H22N2S/c1-3-7-12(16-4-2)10-11-15-17-13-8-5-6-9-14(13)18-15/h5-6,8-9,12,16H,3-4,7,10-11H2,1-2H3. The zero-order valence-corrected chi connectivity index (χ0v) is 12.1. The van der Waals surface area contributed by atoms with E-state index in [1.54, 1.807) is 0 Å². The molecule has 0 aliphatic heterocycles. The molecule has 0 spiro atoms. The van der Waals surface area contributed by atoms with Crippen LogP contribution >= 0.6 is 11.3 Å². The van der Waals surface area contributed by atoms with Crippen LogP contribution < -0.4 is 5.32 Å². The Bertz CT molecular complexity index is 439. The third-order valence-electron chi connectivity index (χ3n) is 3.17. The Hall–Kier alpha value is -0.930. The summed E-state index contributed by atoms with van der Waals surface area (Å²) in [5.41, 5.74) is 1.15. The number of rotatable bonds is 7. The van der Waals surface area contributed by atoms with E-state index < -0.39 is 0 Å². The van der Waals surface area contributed by atoms with Gasteiger partial charge in [0.25, 0.3) is 0 Å². The Morgan fingerprint density at radius 2 is 2.06 bits per heavy atom. The number of nitrogens with zero attached hydrogens (tertiary/aromatic N) is 1. The fourth-order valence-electron chi connectivity index (χ4n) is 2.31. The third kappa shape index (κ3) is 3.53. The summed E-state index contributed by atoms with van der Waals surface area (Å²) in [4.78, 5) is 4.70. The average Bonchev–Trinajstić information content (AvgIpc) is 2.79. The number of nitrogens with one attached hydrogen (secondary N) is 1. The molecule has 2 rings (SSSR count). The number of benzene rings is 1. The Morgan fingerprint density at radius 1 is 1.22 bits per heavy atom. The molecule has 1 N–H and O–H groups in total. The van der Waals surface area contributed by atoms with E-state index in [1.165, 1.54) is 29.0 Å². The molecule has 1 heterocycles. The lowest BCUT2D eigenvalue weighted by Crippen LogP contribution is -2.29. The van der Waals surface area contributed by atoms with Crippen LogP contribution in [-0.2, 0) is 6.42 Å². The van der Waals surface area contributed by atoms with Crippen molar-refractivity contribution in [3.05, 3.63) is 29.3 Å². The first kappa shape index (κ1) is 13.5. The van der Waals surface area contributed by atoms with Gasteiger partial charge in [0.05, 0.1) is 15.2 Å². The molecule has 3 heteroatoms. The van der Waals surface area contributed by atoms with Crippen molar-refractivity contribution >= 4 is 21.6 Å². The van der Waals surface area contributed by atoms with Crippen molar-refractivity contribution in [2.75, 3.05) is 6.54 Å². The second-order valence-electron chi connectivity index (χ2n) is 4.66. The van der Waals surface area contributed by atoms with Crippen molar-refractivity contribution in [1.29, 1.82) is 0 Å². The fraction of sp³-hybridized carbons (Fsp3) is 0.533. The average molecular weight is 262 g/mol. The maximum atomic E-state index is 4.70. The molecule has 0 aliphatic carbocycles. The van der Waals surface area contributed by atoms with E-state index in [9.17, 15) is 0 Å². The zero-order chi connectivity index (χ0) is 12.8. The molecule has 2 nitrogen and oxygen atoms in total. The number of aryl methyl sites for hydroxylation is 1.